The topological polar surface area (TPSA) is 108 Å². The first-order valence-corrected chi connectivity index (χ1v) is 15.9. The molecule has 2 heterocycles. The molecule has 0 aromatic heterocycles. The molecule has 3 aliphatic rings. The van der Waals surface area contributed by atoms with Gasteiger partial charge < -0.3 is 25.0 Å². The molecule has 1 amide bonds. The van der Waals surface area contributed by atoms with Crippen LogP contribution >= 0.6 is 0 Å². The summed E-state index contributed by atoms with van der Waals surface area (Å²) >= 11 is 0. The second-order valence-corrected chi connectivity index (χ2v) is 14.1. The van der Waals surface area contributed by atoms with Gasteiger partial charge in [-0.05, 0) is 66.2 Å². The molecule has 1 saturated carbocycles. The SMILES string of the molecule is CC1(C)CC2CC(C)(CN2C[C@H]2C[C@@H](c3ccc(CO)cc3)O[C@@H](c3cccc(NC(=O)CCCCCC(=O)O)c3)O2)C1. The number of anilines is 1. The molecular weight excluding hydrogens is 544 g/mol. The van der Waals surface area contributed by atoms with Crippen molar-refractivity contribution in [2.45, 2.75) is 110 Å². The standard InChI is InChI=1S/C35H48N2O6/c1-34(2)18-28-19-35(3,22-34)23-37(28)20-29-17-30(25-14-12-24(21-38)13-15-25)43-33(42-29)26-8-7-9-27(16-26)36-31(39)10-5-4-6-11-32(40)41/h7-9,12-16,28-30,33,38H,4-6,10-11,17-23H2,1-3H3,(H,36,39)(H,40,41)/t28?,29-,30+,33+,35?/m1/s1. The summed E-state index contributed by atoms with van der Waals surface area (Å²) in [5.41, 5.74) is 4.18. The molecule has 8 heteroatoms. The first-order valence-electron chi connectivity index (χ1n) is 15.9. The number of likely N-dealkylation sites (tertiary alicyclic amines) is 1. The largest absolute Gasteiger partial charge is 0.481 e. The molecule has 0 spiro atoms. The van der Waals surface area contributed by atoms with Crippen molar-refractivity contribution in [1.82, 2.24) is 4.90 Å². The maximum Gasteiger partial charge on any atom is 0.303 e. The smallest absolute Gasteiger partial charge is 0.303 e. The summed E-state index contributed by atoms with van der Waals surface area (Å²) in [7, 11) is 0. The molecule has 2 bridgehead atoms. The van der Waals surface area contributed by atoms with E-state index in [-0.39, 0.29) is 31.1 Å². The summed E-state index contributed by atoms with van der Waals surface area (Å²) in [6.07, 6.45) is 6.12. The van der Waals surface area contributed by atoms with Gasteiger partial charge in [-0.3, -0.25) is 14.5 Å². The number of ether oxygens (including phenoxy) is 2. The van der Waals surface area contributed by atoms with E-state index in [1.165, 1.54) is 19.3 Å². The normalized spacial score (nSPS) is 28.5. The lowest BCUT2D eigenvalue weighted by Crippen LogP contribution is -2.42. The molecule has 2 unspecified atom stereocenters. The predicted molar refractivity (Wildman–Crippen MR) is 165 cm³/mol. The molecule has 5 rings (SSSR count). The first kappa shape index (κ1) is 31.6. The minimum atomic E-state index is -0.804. The van der Waals surface area contributed by atoms with E-state index < -0.39 is 12.3 Å². The van der Waals surface area contributed by atoms with Crippen LogP contribution in [0.3, 0.4) is 0 Å². The van der Waals surface area contributed by atoms with Crippen LogP contribution in [0.25, 0.3) is 0 Å². The Morgan fingerprint density at radius 1 is 0.977 bits per heavy atom. The van der Waals surface area contributed by atoms with E-state index in [9.17, 15) is 14.7 Å². The molecule has 2 aliphatic heterocycles. The van der Waals surface area contributed by atoms with Crippen molar-refractivity contribution < 1.29 is 29.3 Å². The van der Waals surface area contributed by atoms with Crippen LogP contribution in [0.4, 0.5) is 5.69 Å². The van der Waals surface area contributed by atoms with Crippen molar-refractivity contribution >= 4 is 17.6 Å². The molecule has 2 aromatic carbocycles. The van der Waals surface area contributed by atoms with Crippen molar-refractivity contribution in [2.75, 3.05) is 18.4 Å². The van der Waals surface area contributed by atoms with Crippen LogP contribution in [-0.2, 0) is 25.7 Å². The number of carboxylic acids is 1. The van der Waals surface area contributed by atoms with Gasteiger partial charge in [-0.15, -0.1) is 0 Å². The molecule has 0 radical (unpaired) electrons. The third kappa shape index (κ3) is 8.44. The van der Waals surface area contributed by atoms with Crippen molar-refractivity contribution in [3.63, 3.8) is 0 Å². The summed E-state index contributed by atoms with van der Waals surface area (Å²) in [6.45, 7) is 9.21. The number of amides is 1. The Morgan fingerprint density at radius 3 is 2.49 bits per heavy atom. The number of nitrogens with one attached hydrogen (secondary N) is 1. The molecule has 8 nitrogen and oxygen atoms in total. The molecule has 234 valence electrons. The van der Waals surface area contributed by atoms with Crippen molar-refractivity contribution in [1.29, 1.82) is 0 Å². The van der Waals surface area contributed by atoms with Crippen molar-refractivity contribution in [2.24, 2.45) is 10.8 Å². The molecule has 3 fully saturated rings. The zero-order valence-corrected chi connectivity index (χ0v) is 25.9. The summed E-state index contributed by atoms with van der Waals surface area (Å²) in [5.74, 6) is -0.893. The van der Waals surface area contributed by atoms with Gasteiger partial charge in [0.1, 0.15) is 0 Å². The lowest BCUT2D eigenvalue weighted by Gasteiger charge is -2.41. The zero-order valence-electron chi connectivity index (χ0n) is 25.9. The molecular formula is C35H48N2O6. The van der Waals surface area contributed by atoms with Crippen molar-refractivity contribution in [3.8, 4) is 0 Å². The number of hydrogen-bond acceptors (Lipinski definition) is 6. The zero-order chi connectivity index (χ0) is 30.6. The van der Waals surface area contributed by atoms with E-state index in [0.717, 1.165) is 36.2 Å². The second kappa shape index (κ2) is 13.5. The number of aliphatic carboxylic acids is 1. The number of aliphatic hydroxyl groups is 1. The minimum absolute atomic E-state index is 0.00643. The third-order valence-electron chi connectivity index (χ3n) is 9.31. The summed E-state index contributed by atoms with van der Waals surface area (Å²) in [6, 6.07) is 16.2. The van der Waals surface area contributed by atoms with Crippen molar-refractivity contribution in [3.05, 3.63) is 65.2 Å². The Hall–Kier alpha value is -2.78. The van der Waals surface area contributed by atoms with Gasteiger partial charge in [-0.1, -0.05) is 63.6 Å². The Bertz CT molecular complexity index is 1260. The predicted octanol–water partition coefficient (Wildman–Crippen LogP) is 6.60. The number of rotatable bonds is 12. The van der Waals surface area contributed by atoms with E-state index in [1.54, 1.807) is 0 Å². The minimum Gasteiger partial charge on any atom is -0.481 e. The van der Waals surface area contributed by atoms with E-state index in [0.29, 0.717) is 48.2 Å². The number of nitrogens with zero attached hydrogens (tertiary/aromatic N) is 1. The van der Waals surface area contributed by atoms with Crippen LogP contribution in [-0.4, -0.2) is 52.2 Å². The monoisotopic (exact) mass is 592 g/mol. The number of carbonyl (C=O) groups excluding carboxylic acids is 1. The second-order valence-electron chi connectivity index (χ2n) is 14.1. The Labute approximate surface area is 255 Å². The average molecular weight is 593 g/mol. The maximum absolute atomic E-state index is 12.6. The third-order valence-corrected chi connectivity index (χ3v) is 9.31. The average Bonchev–Trinajstić information content (AvgIpc) is 3.19. The van der Waals surface area contributed by atoms with Gasteiger partial charge in [-0.2, -0.15) is 0 Å². The van der Waals surface area contributed by atoms with E-state index >= 15 is 0 Å². The summed E-state index contributed by atoms with van der Waals surface area (Å²) in [4.78, 5) is 25.9. The highest BCUT2D eigenvalue weighted by atomic mass is 16.7. The van der Waals surface area contributed by atoms with Crippen LogP contribution in [0.2, 0.25) is 0 Å². The van der Waals surface area contributed by atoms with Gasteiger partial charge in [-0.25, -0.2) is 0 Å². The van der Waals surface area contributed by atoms with Crippen LogP contribution in [0.15, 0.2) is 48.5 Å². The number of carbonyl (C=O) groups is 2. The molecule has 5 atom stereocenters. The Kier molecular flexibility index (Phi) is 9.91. The number of aliphatic hydroxyl groups excluding tert-OH is 1. The molecule has 2 saturated heterocycles. The fraction of sp³-hybridized carbons (Fsp3) is 0.600. The fourth-order valence-electron chi connectivity index (χ4n) is 7.81. The number of unbranched alkanes of at least 4 members (excludes halogenated alkanes) is 2. The highest BCUT2D eigenvalue weighted by molar-refractivity contribution is 5.90. The van der Waals surface area contributed by atoms with Crippen LogP contribution in [0.1, 0.15) is 108 Å². The van der Waals surface area contributed by atoms with Gasteiger partial charge in [0, 0.05) is 49.6 Å². The van der Waals surface area contributed by atoms with E-state index in [1.807, 2.05) is 48.5 Å². The lowest BCUT2D eigenvalue weighted by atomic mass is 9.65. The Balaban J connectivity index is 1.28. The Morgan fingerprint density at radius 2 is 1.74 bits per heavy atom. The number of carboxylic acid groups (broad SMARTS) is 1. The van der Waals surface area contributed by atoms with Crippen LogP contribution in [0, 0.1) is 10.8 Å². The lowest BCUT2D eigenvalue weighted by molar-refractivity contribution is -0.253. The van der Waals surface area contributed by atoms with E-state index in [4.69, 9.17) is 14.6 Å². The van der Waals surface area contributed by atoms with Crippen LogP contribution < -0.4 is 5.32 Å². The molecule has 1 aliphatic carbocycles. The maximum atomic E-state index is 12.6. The van der Waals surface area contributed by atoms with Gasteiger partial charge in [0.25, 0.3) is 0 Å². The number of benzene rings is 2. The van der Waals surface area contributed by atoms with Crippen LogP contribution in [0.5, 0.6) is 0 Å². The molecule has 43 heavy (non-hydrogen) atoms. The van der Waals surface area contributed by atoms with Gasteiger partial charge in [0.15, 0.2) is 6.29 Å². The highest BCUT2D eigenvalue weighted by Gasteiger charge is 2.50. The summed E-state index contributed by atoms with van der Waals surface area (Å²) < 4.78 is 13.2. The van der Waals surface area contributed by atoms with E-state index in [2.05, 4.69) is 31.0 Å². The fourth-order valence-corrected chi connectivity index (χ4v) is 7.81. The summed E-state index contributed by atoms with van der Waals surface area (Å²) in [5, 5.41) is 21.3. The van der Waals surface area contributed by atoms with Gasteiger partial charge in [0.05, 0.1) is 18.8 Å². The molecule has 2 aromatic rings. The van der Waals surface area contributed by atoms with Gasteiger partial charge >= 0.3 is 5.97 Å². The number of hydrogen-bond donors (Lipinski definition) is 3. The van der Waals surface area contributed by atoms with Gasteiger partial charge in [0.2, 0.25) is 5.91 Å². The number of fused-ring (bicyclic) bond motifs is 2. The quantitative estimate of drug-likeness (QED) is 0.238. The molecule has 3 N–H and O–H groups in total. The highest BCUT2D eigenvalue weighted by Crippen LogP contribution is 2.53. The first-order chi connectivity index (χ1) is 20.5.